The molecule has 0 aromatic heterocycles. The van der Waals surface area contributed by atoms with Crippen LogP contribution >= 0.6 is 17.0 Å². The van der Waals surface area contributed by atoms with E-state index in [0.717, 1.165) is 53.2 Å². The molecule has 0 amide bonds. The van der Waals surface area contributed by atoms with Crippen LogP contribution in [0.4, 0.5) is 0 Å². The molecule has 2 nitrogen and oxygen atoms in total. The number of fused-ring (bicyclic) bond motifs is 4. The number of hydrogen-bond donors (Lipinski definition) is 0. The number of allylic oxidation sites excluding steroid dienone is 2. The monoisotopic (exact) mass is 870 g/mol. The van der Waals surface area contributed by atoms with Crippen LogP contribution in [0.15, 0.2) is 59.7 Å². The average molecular weight is 873 g/mol. The number of rotatable bonds is 6. The predicted octanol–water partition coefficient (Wildman–Crippen LogP) is 14.9. The van der Waals surface area contributed by atoms with E-state index in [9.17, 15) is 0 Å². The predicted molar refractivity (Wildman–Crippen MR) is 233 cm³/mol. The molecule has 0 N–H and O–H groups in total. The van der Waals surface area contributed by atoms with Crippen molar-refractivity contribution in [3.63, 3.8) is 0 Å². The van der Waals surface area contributed by atoms with Gasteiger partial charge >= 0.3 is 37.9 Å². The van der Waals surface area contributed by atoms with Crippen LogP contribution in [0.1, 0.15) is 120 Å². The van der Waals surface area contributed by atoms with E-state index in [2.05, 4.69) is 108 Å². The van der Waals surface area contributed by atoms with Crippen LogP contribution in [-0.4, -0.2) is 22.7 Å². The van der Waals surface area contributed by atoms with Crippen molar-refractivity contribution >= 4 is 45.5 Å². The van der Waals surface area contributed by atoms with Gasteiger partial charge in [-0.05, 0) is 129 Å². The van der Waals surface area contributed by atoms with Crippen molar-refractivity contribution in [2.45, 2.75) is 142 Å². The van der Waals surface area contributed by atoms with Gasteiger partial charge in [-0.25, -0.2) is 0 Å². The molecule has 9 unspecified atom stereocenters. The molecule has 6 aliphatic carbocycles. The minimum absolute atomic E-state index is 0. The minimum atomic E-state index is -1.99. The van der Waals surface area contributed by atoms with Crippen LogP contribution in [0, 0.1) is 50.4 Å². The van der Waals surface area contributed by atoms with Crippen molar-refractivity contribution in [1.82, 2.24) is 0 Å². The van der Waals surface area contributed by atoms with Crippen molar-refractivity contribution in [2.75, 3.05) is 0 Å². The Labute approximate surface area is 346 Å². The summed E-state index contributed by atoms with van der Waals surface area (Å²) in [4.78, 5) is 0. The van der Waals surface area contributed by atoms with Crippen LogP contribution in [-0.2, 0) is 36.1 Å². The third kappa shape index (κ3) is 9.83. The molecule has 292 valence electrons. The van der Waals surface area contributed by atoms with Crippen LogP contribution in [0.3, 0.4) is 0 Å². The van der Waals surface area contributed by atoms with Crippen LogP contribution < -0.4 is 0 Å². The molecule has 2 aromatic rings. The first-order valence-corrected chi connectivity index (χ1v) is 32.5. The Morgan fingerprint density at radius 2 is 1.28 bits per heavy atom. The first-order valence-electron chi connectivity index (χ1n) is 20.2. The van der Waals surface area contributed by atoms with Gasteiger partial charge in [-0.3, -0.25) is 0 Å². The quantitative estimate of drug-likeness (QED) is 0.213. The average Bonchev–Trinajstić information content (AvgIpc) is 3.81. The van der Waals surface area contributed by atoms with E-state index in [-0.39, 0.29) is 14.9 Å². The molecule has 0 bridgehead atoms. The number of hydrogen-bond acceptors (Lipinski definition) is 2. The Kier molecular flexibility index (Phi) is 16.5. The molecule has 53 heavy (non-hydrogen) atoms. The van der Waals surface area contributed by atoms with Crippen LogP contribution in [0.25, 0.3) is 11.8 Å². The van der Waals surface area contributed by atoms with Crippen molar-refractivity contribution < 1.29 is 29.7 Å². The van der Waals surface area contributed by atoms with Gasteiger partial charge in [0.25, 0.3) is 8.32 Å². The first-order chi connectivity index (χ1) is 24.4. The molecule has 9 atom stereocenters. The van der Waals surface area contributed by atoms with E-state index >= 15 is 0 Å². The van der Waals surface area contributed by atoms with E-state index in [1.807, 2.05) is 0 Å². The molecule has 4 saturated carbocycles. The van der Waals surface area contributed by atoms with Gasteiger partial charge in [0.1, 0.15) is 5.76 Å². The number of benzene rings is 2. The van der Waals surface area contributed by atoms with E-state index < -0.39 is 37.5 Å². The molecule has 0 spiro atoms. The molecule has 0 radical (unpaired) electrons. The van der Waals surface area contributed by atoms with Gasteiger partial charge in [0.15, 0.2) is 8.32 Å². The Morgan fingerprint density at radius 1 is 0.717 bits per heavy atom. The second kappa shape index (κ2) is 19.3. The fourth-order valence-electron chi connectivity index (χ4n) is 12.2. The van der Waals surface area contributed by atoms with Gasteiger partial charge in [-0.15, -0.1) is 0 Å². The Bertz CT molecular complexity index is 1570. The maximum atomic E-state index is 7.22. The summed E-state index contributed by atoms with van der Waals surface area (Å²) < 4.78 is 14.0. The molecule has 8 rings (SSSR count). The molecule has 6 aliphatic rings. The molecule has 0 aliphatic heterocycles. The van der Waals surface area contributed by atoms with Gasteiger partial charge in [0.2, 0.25) is 0 Å². The molecular weight excluding hydrogens is 803 g/mol. The van der Waals surface area contributed by atoms with Crippen LogP contribution in [0.5, 0.6) is 0 Å². The molecule has 0 heterocycles. The van der Waals surface area contributed by atoms with E-state index in [4.69, 9.17) is 25.9 Å². The van der Waals surface area contributed by atoms with Gasteiger partial charge in [-0.2, -0.15) is 0 Å². The Balaban J connectivity index is 0.000000213. The zero-order chi connectivity index (χ0) is 36.5. The maximum absolute atomic E-state index is 7.22. The zero-order valence-corrected chi connectivity index (χ0v) is 40.7. The van der Waals surface area contributed by atoms with Gasteiger partial charge < -0.3 is 23.7 Å². The van der Waals surface area contributed by atoms with E-state index in [1.54, 1.807) is 0 Å². The molecule has 4 fully saturated rings. The second-order valence-electron chi connectivity index (χ2n) is 18.2. The zero-order valence-electron chi connectivity index (χ0n) is 34.7. The summed E-state index contributed by atoms with van der Waals surface area (Å²) in [5, 5.41) is 0. The first kappa shape index (κ1) is 45.3. The SMILES string of the molecule is CC1=Cc2ccccc2C1[Si](C)(C)OC1=C(C)Cc2ccccc21.CC1CC2CCCCC2C1O[Si](C)(C)C1C(C)CC2CCCCC21.[CH3-].[CH3-].[Cl][Zr+2][Cl]. The fraction of sp³-hybridized carbons (Fsp3) is 0.609. The van der Waals surface area contributed by atoms with Crippen molar-refractivity contribution in [3.05, 3.63) is 96.8 Å². The van der Waals surface area contributed by atoms with Crippen LogP contribution in [0.2, 0.25) is 31.7 Å². The summed E-state index contributed by atoms with van der Waals surface area (Å²) in [6.07, 6.45) is 18.8. The summed E-state index contributed by atoms with van der Waals surface area (Å²) >= 11 is -0.826. The summed E-state index contributed by atoms with van der Waals surface area (Å²) in [7, 11) is 6.26. The Hall–Kier alpha value is -0.423. The summed E-state index contributed by atoms with van der Waals surface area (Å²) in [5.74, 6) is 6.81. The summed E-state index contributed by atoms with van der Waals surface area (Å²) in [6, 6.07) is 17.4. The van der Waals surface area contributed by atoms with Crippen molar-refractivity contribution in [1.29, 1.82) is 0 Å². The normalized spacial score (nSPS) is 31.1. The third-order valence-electron chi connectivity index (χ3n) is 13.9. The fourth-order valence-corrected chi connectivity index (χ4v) is 19.6. The van der Waals surface area contributed by atoms with Gasteiger partial charge in [0, 0.05) is 11.1 Å². The molecule has 0 saturated heterocycles. The standard InChI is InChI=1S/C22H40OSi.C22H24OSi.2CH3.2ClH.Zr/c2*1-15-13-17-9-5-7-11-19(17)21(15)23-24(3,4)22-16(2)14-18-10-6-8-12-20(18)22;;;;;/h15-22H,5-14H2,1-4H3;5-12,14,22H,13H2,1-4H3;2*1H3;2*1H;/q;;2*-1;;;+4/p-2. The van der Waals surface area contributed by atoms with Crippen molar-refractivity contribution in [2.24, 2.45) is 35.5 Å². The van der Waals surface area contributed by atoms with Gasteiger partial charge in [-0.1, -0.05) is 119 Å². The van der Waals surface area contributed by atoms with Gasteiger partial charge in [0.05, 0.1) is 6.10 Å². The molecule has 2 aromatic carbocycles. The topological polar surface area (TPSA) is 18.5 Å². The summed E-state index contributed by atoms with van der Waals surface area (Å²) in [6.45, 7) is 19.4. The Morgan fingerprint density at radius 3 is 1.98 bits per heavy atom. The second-order valence-corrected chi connectivity index (χ2v) is 30.1. The summed E-state index contributed by atoms with van der Waals surface area (Å²) in [5.41, 5.74) is 9.66. The third-order valence-corrected chi connectivity index (χ3v) is 20.3. The molecular formula is C46H70Cl2O2Si2Zr. The number of halogens is 2. The van der Waals surface area contributed by atoms with E-state index in [1.165, 1.54) is 97.6 Å². The van der Waals surface area contributed by atoms with E-state index in [0.29, 0.717) is 11.6 Å². The van der Waals surface area contributed by atoms with Crippen molar-refractivity contribution in [3.8, 4) is 0 Å². The molecule has 7 heteroatoms.